The Morgan fingerprint density at radius 3 is 2.18 bits per heavy atom. The van der Waals surface area contributed by atoms with Crippen LogP contribution in [0.3, 0.4) is 0 Å². The SMILES string of the molecule is C=CC1=CCCCC1.O=C(O)COCC(=O)O. The first-order valence-electron chi connectivity index (χ1n) is 5.39. The number of allylic oxidation sites excluding steroid dienone is 3. The van der Waals surface area contributed by atoms with Gasteiger partial charge in [-0.05, 0) is 25.7 Å². The lowest BCUT2D eigenvalue weighted by molar-refractivity contribution is -0.148. The van der Waals surface area contributed by atoms with Crippen molar-refractivity contribution in [2.45, 2.75) is 25.7 Å². The maximum Gasteiger partial charge on any atom is 0.329 e. The molecular formula is C12H18O5. The molecular weight excluding hydrogens is 224 g/mol. The molecule has 0 saturated carbocycles. The van der Waals surface area contributed by atoms with Crippen molar-refractivity contribution in [1.29, 1.82) is 0 Å². The van der Waals surface area contributed by atoms with E-state index in [4.69, 9.17) is 10.2 Å². The fourth-order valence-electron chi connectivity index (χ4n) is 1.27. The highest BCUT2D eigenvalue weighted by Gasteiger charge is 1.99. The van der Waals surface area contributed by atoms with E-state index in [-0.39, 0.29) is 0 Å². The van der Waals surface area contributed by atoms with E-state index in [1.165, 1.54) is 31.3 Å². The van der Waals surface area contributed by atoms with Gasteiger partial charge in [-0.1, -0.05) is 24.3 Å². The fraction of sp³-hybridized carbons (Fsp3) is 0.500. The van der Waals surface area contributed by atoms with Gasteiger partial charge in [-0.25, -0.2) is 9.59 Å². The van der Waals surface area contributed by atoms with Crippen molar-refractivity contribution < 1.29 is 24.5 Å². The van der Waals surface area contributed by atoms with Crippen LogP contribution in [-0.4, -0.2) is 35.4 Å². The fourth-order valence-corrected chi connectivity index (χ4v) is 1.27. The van der Waals surface area contributed by atoms with Crippen LogP contribution in [-0.2, 0) is 14.3 Å². The van der Waals surface area contributed by atoms with Gasteiger partial charge in [0, 0.05) is 0 Å². The second kappa shape index (κ2) is 9.59. The normalized spacial score (nSPS) is 14.0. The Morgan fingerprint density at radius 2 is 1.88 bits per heavy atom. The Balaban J connectivity index is 0.000000302. The van der Waals surface area contributed by atoms with Crippen LogP contribution in [0.4, 0.5) is 0 Å². The predicted octanol–water partition coefficient (Wildman–Crippen LogP) is 1.84. The lowest BCUT2D eigenvalue weighted by Crippen LogP contribution is -2.13. The lowest BCUT2D eigenvalue weighted by atomic mass is 10.0. The van der Waals surface area contributed by atoms with Crippen LogP contribution in [0.25, 0.3) is 0 Å². The highest BCUT2D eigenvalue weighted by molar-refractivity contribution is 5.70. The number of rotatable bonds is 5. The minimum Gasteiger partial charge on any atom is -0.480 e. The van der Waals surface area contributed by atoms with Crippen LogP contribution in [0, 0.1) is 0 Å². The second-order valence-corrected chi connectivity index (χ2v) is 3.51. The van der Waals surface area contributed by atoms with E-state index >= 15 is 0 Å². The van der Waals surface area contributed by atoms with E-state index in [0.717, 1.165) is 0 Å². The summed E-state index contributed by atoms with van der Waals surface area (Å²) >= 11 is 0. The first-order chi connectivity index (χ1) is 8.06. The average molecular weight is 242 g/mol. The molecule has 2 N–H and O–H groups in total. The lowest BCUT2D eigenvalue weighted by Gasteiger charge is -2.06. The molecule has 0 aromatic rings. The van der Waals surface area contributed by atoms with E-state index < -0.39 is 25.2 Å². The Hall–Kier alpha value is -1.62. The molecule has 1 rings (SSSR count). The summed E-state index contributed by atoms with van der Waals surface area (Å²) in [6, 6.07) is 0. The summed E-state index contributed by atoms with van der Waals surface area (Å²) in [6.07, 6.45) is 9.51. The van der Waals surface area contributed by atoms with Gasteiger partial charge in [-0.2, -0.15) is 0 Å². The largest absolute Gasteiger partial charge is 0.480 e. The van der Waals surface area contributed by atoms with Crippen molar-refractivity contribution in [1.82, 2.24) is 0 Å². The van der Waals surface area contributed by atoms with Gasteiger partial charge in [0.25, 0.3) is 0 Å². The molecule has 0 amide bonds. The molecule has 0 heterocycles. The van der Waals surface area contributed by atoms with Gasteiger partial charge < -0.3 is 14.9 Å². The van der Waals surface area contributed by atoms with E-state index in [2.05, 4.69) is 17.4 Å². The number of ether oxygens (including phenoxy) is 1. The Labute approximate surface area is 100 Å². The van der Waals surface area contributed by atoms with E-state index in [9.17, 15) is 9.59 Å². The van der Waals surface area contributed by atoms with Crippen molar-refractivity contribution >= 4 is 11.9 Å². The third-order valence-electron chi connectivity index (χ3n) is 2.04. The summed E-state index contributed by atoms with van der Waals surface area (Å²) in [6.45, 7) is 2.59. The molecule has 5 heteroatoms. The Morgan fingerprint density at radius 1 is 1.29 bits per heavy atom. The molecule has 0 bridgehead atoms. The smallest absolute Gasteiger partial charge is 0.329 e. The molecule has 5 nitrogen and oxygen atoms in total. The first kappa shape index (κ1) is 15.4. The summed E-state index contributed by atoms with van der Waals surface area (Å²) in [7, 11) is 0. The highest BCUT2D eigenvalue weighted by Crippen LogP contribution is 2.16. The molecule has 1 aliphatic rings. The van der Waals surface area contributed by atoms with Gasteiger partial charge in [0.05, 0.1) is 0 Å². The van der Waals surface area contributed by atoms with Gasteiger partial charge in [0.15, 0.2) is 0 Å². The van der Waals surface area contributed by atoms with Crippen molar-refractivity contribution in [3.05, 3.63) is 24.3 Å². The third-order valence-corrected chi connectivity index (χ3v) is 2.04. The summed E-state index contributed by atoms with van der Waals surface area (Å²) < 4.78 is 4.16. The molecule has 0 aliphatic heterocycles. The van der Waals surface area contributed by atoms with E-state index in [0.29, 0.717) is 0 Å². The van der Waals surface area contributed by atoms with Crippen molar-refractivity contribution in [3.63, 3.8) is 0 Å². The minimum absolute atomic E-state index is 0.563. The van der Waals surface area contributed by atoms with Crippen LogP contribution in [0.2, 0.25) is 0 Å². The number of carboxylic acids is 2. The zero-order valence-corrected chi connectivity index (χ0v) is 9.72. The molecule has 0 fully saturated rings. The van der Waals surface area contributed by atoms with Crippen LogP contribution in [0.5, 0.6) is 0 Å². The molecule has 0 radical (unpaired) electrons. The van der Waals surface area contributed by atoms with Crippen LogP contribution in [0.15, 0.2) is 24.3 Å². The third kappa shape index (κ3) is 10.7. The highest BCUT2D eigenvalue weighted by atomic mass is 16.5. The number of carbonyl (C=O) groups is 2. The van der Waals surface area contributed by atoms with Gasteiger partial charge in [-0.3, -0.25) is 0 Å². The van der Waals surface area contributed by atoms with Crippen molar-refractivity contribution in [2.24, 2.45) is 0 Å². The minimum atomic E-state index is -1.17. The maximum atomic E-state index is 9.66. The topological polar surface area (TPSA) is 83.8 Å². The first-order valence-corrected chi connectivity index (χ1v) is 5.39. The summed E-state index contributed by atoms with van der Waals surface area (Å²) in [5, 5.41) is 15.8. The quantitative estimate of drug-likeness (QED) is 0.768. The number of carboxylic acid groups (broad SMARTS) is 2. The molecule has 0 saturated heterocycles. The molecule has 0 aromatic heterocycles. The van der Waals surface area contributed by atoms with Crippen LogP contribution >= 0.6 is 0 Å². The summed E-state index contributed by atoms with van der Waals surface area (Å²) in [5.41, 5.74) is 1.44. The predicted molar refractivity (Wildman–Crippen MR) is 62.8 cm³/mol. The molecule has 0 aromatic carbocycles. The standard InChI is InChI=1S/C8H12.C4H6O5/c1-2-8-6-4-3-5-7-8;5-3(6)1-9-2-4(7)8/h2,6H,1,3-5,7H2;1-2H2,(H,5,6)(H,7,8). The zero-order valence-electron chi connectivity index (χ0n) is 9.72. The zero-order chi connectivity index (χ0) is 13.1. The molecule has 17 heavy (non-hydrogen) atoms. The van der Waals surface area contributed by atoms with Gasteiger partial charge >= 0.3 is 11.9 Å². The monoisotopic (exact) mass is 242 g/mol. The molecule has 0 unspecified atom stereocenters. The number of hydrogen-bond donors (Lipinski definition) is 2. The van der Waals surface area contributed by atoms with Crippen LogP contribution in [0.1, 0.15) is 25.7 Å². The number of aliphatic carboxylic acids is 2. The Bertz CT molecular complexity index is 279. The average Bonchev–Trinajstić information content (AvgIpc) is 2.30. The maximum absolute atomic E-state index is 9.66. The summed E-state index contributed by atoms with van der Waals surface area (Å²) in [4.78, 5) is 19.3. The molecule has 0 spiro atoms. The Kier molecular flexibility index (Phi) is 8.68. The van der Waals surface area contributed by atoms with E-state index in [1.807, 2.05) is 6.08 Å². The number of hydrogen-bond acceptors (Lipinski definition) is 3. The van der Waals surface area contributed by atoms with Gasteiger partial charge in [-0.15, -0.1) is 0 Å². The second-order valence-electron chi connectivity index (χ2n) is 3.51. The summed E-state index contributed by atoms with van der Waals surface area (Å²) in [5.74, 6) is -2.34. The van der Waals surface area contributed by atoms with Gasteiger partial charge in [0.2, 0.25) is 0 Å². The van der Waals surface area contributed by atoms with Crippen LogP contribution < -0.4 is 0 Å². The van der Waals surface area contributed by atoms with Crippen molar-refractivity contribution in [3.8, 4) is 0 Å². The molecule has 96 valence electrons. The van der Waals surface area contributed by atoms with E-state index in [1.54, 1.807) is 0 Å². The molecule has 1 aliphatic carbocycles. The van der Waals surface area contributed by atoms with Crippen molar-refractivity contribution in [2.75, 3.05) is 13.2 Å². The molecule has 0 atom stereocenters. The van der Waals surface area contributed by atoms with Gasteiger partial charge in [0.1, 0.15) is 13.2 Å².